The van der Waals surface area contributed by atoms with Crippen LogP contribution < -0.4 is 0 Å². The molecular weight excluding hydrogens is 381 g/mol. The molecule has 0 heterocycles. The third-order valence-corrected chi connectivity index (χ3v) is 33.2. The first-order chi connectivity index (χ1) is 6.97. The van der Waals surface area contributed by atoms with Crippen LogP contribution in [-0.2, 0) is 36.9 Å². The summed E-state index contributed by atoms with van der Waals surface area (Å²) in [4.78, 5) is 47.1. The zero-order valence-electron chi connectivity index (χ0n) is 10.2. The third kappa shape index (κ3) is 1.01. The van der Waals surface area contributed by atoms with Crippen LogP contribution in [0.5, 0.6) is 0 Å². The van der Waals surface area contributed by atoms with Crippen LogP contribution in [0.15, 0.2) is 0 Å². The first-order valence-corrected chi connectivity index (χ1v) is 14.9. The van der Waals surface area contributed by atoms with Crippen LogP contribution in [0.3, 0.4) is 0 Å². The van der Waals surface area contributed by atoms with Gasteiger partial charge in [-0.1, -0.05) is 0 Å². The molecule has 0 spiro atoms. The van der Waals surface area contributed by atoms with Crippen LogP contribution >= 0.6 is 0 Å². The molecule has 0 saturated heterocycles. The van der Waals surface area contributed by atoms with E-state index < -0.39 is 35.1 Å². The standard InChI is InChI=1S/4C2H3O.C2H5.O.Ta/c4*1-2-3;1-2;;/h4*1H3;1H2,2H3;;. The predicted molar refractivity (Wildman–Crippen MR) is 53.9 cm³/mol. The van der Waals surface area contributed by atoms with Crippen LogP contribution in [0, 0.1) is 0 Å². The molecule has 0 N–H and O–H groups in total. The van der Waals surface area contributed by atoms with Gasteiger partial charge in [0.15, 0.2) is 0 Å². The van der Waals surface area contributed by atoms with Crippen molar-refractivity contribution in [3.05, 3.63) is 0 Å². The van der Waals surface area contributed by atoms with Crippen molar-refractivity contribution in [3.63, 3.8) is 0 Å². The van der Waals surface area contributed by atoms with E-state index in [-0.39, 0.29) is 0 Å². The van der Waals surface area contributed by atoms with Crippen molar-refractivity contribution in [2.75, 3.05) is 0 Å². The van der Waals surface area contributed by atoms with E-state index in [0.717, 1.165) is 27.7 Å². The summed E-state index contributed by atoms with van der Waals surface area (Å²) < 4.78 is 8.51. The average Bonchev–Trinajstić information content (AvgIpc) is 2.15. The Morgan fingerprint density at radius 1 is 0.750 bits per heavy atom. The molecule has 0 radical (unpaired) electrons. The van der Waals surface area contributed by atoms with Gasteiger partial charge in [0.05, 0.1) is 0 Å². The number of hydrogen-bond acceptors (Lipinski definition) is 5. The maximum atomic E-state index is 13.2. The van der Waals surface area contributed by atoms with E-state index in [1.165, 1.54) is 6.92 Å². The fraction of sp³-hybridized carbons (Fsp3) is 0.600. The molecule has 0 aromatic heterocycles. The van der Waals surface area contributed by atoms with Crippen molar-refractivity contribution in [2.24, 2.45) is 0 Å². The quantitative estimate of drug-likeness (QED) is 0.695. The van der Waals surface area contributed by atoms with Crippen LogP contribution in [0.2, 0.25) is 4.64 Å². The molecule has 5 nitrogen and oxygen atoms in total. The molecule has 0 atom stereocenters. The normalized spacial score (nSPS) is 15.8. The molecule has 0 amide bonds. The molecule has 92 valence electrons. The number of rotatable bonds is 5. The van der Waals surface area contributed by atoms with E-state index in [1.807, 2.05) is 0 Å². The second kappa shape index (κ2) is 3.35. The summed E-state index contributed by atoms with van der Waals surface area (Å²) in [7, 11) is 0. The van der Waals surface area contributed by atoms with E-state index in [0.29, 0.717) is 0 Å². The Kier molecular flexibility index (Phi) is 3.19. The van der Waals surface area contributed by atoms with Gasteiger partial charge in [-0.15, -0.1) is 0 Å². The Hall–Kier alpha value is -0.780. The molecule has 0 aliphatic carbocycles. The second-order valence-electron chi connectivity index (χ2n) is 4.19. The fourth-order valence-corrected chi connectivity index (χ4v) is 18.2. The van der Waals surface area contributed by atoms with Gasteiger partial charge in [0.25, 0.3) is 0 Å². The molecule has 0 bridgehead atoms. The Balaban J connectivity index is 7.15. The molecule has 0 saturated carbocycles. The van der Waals surface area contributed by atoms with Gasteiger partial charge in [-0.25, -0.2) is 0 Å². The monoisotopic (exact) mass is 398 g/mol. The topological polar surface area (TPSA) is 85.3 Å². The summed E-state index contributed by atoms with van der Waals surface area (Å²) >= 11 is -7.11. The minimum atomic E-state index is -7.11. The fourth-order valence-electron chi connectivity index (χ4n) is 2.22. The first kappa shape index (κ1) is 15.2. The Morgan fingerprint density at radius 2 is 0.938 bits per heavy atom. The van der Waals surface area contributed by atoms with Crippen molar-refractivity contribution in [2.45, 2.75) is 39.3 Å². The molecule has 16 heavy (non-hydrogen) atoms. The van der Waals surface area contributed by atoms with E-state index in [9.17, 15) is 22.4 Å². The summed E-state index contributed by atoms with van der Waals surface area (Å²) in [5.74, 6) is 0. The van der Waals surface area contributed by atoms with Crippen molar-refractivity contribution in [1.82, 2.24) is 0 Å². The second-order valence-corrected chi connectivity index (χ2v) is 28.4. The summed E-state index contributed by atoms with van der Waals surface area (Å²) in [5, 5.41) is 0. The van der Waals surface area contributed by atoms with Crippen molar-refractivity contribution in [3.8, 4) is 0 Å². The zero-order valence-corrected chi connectivity index (χ0v) is 13.4. The van der Waals surface area contributed by atoms with Crippen LogP contribution in [0.25, 0.3) is 0 Å². The minimum absolute atomic E-state index is 0.500. The van der Waals surface area contributed by atoms with Crippen molar-refractivity contribution >= 4 is 16.0 Å². The molecule has 6 heteroatoms. The Bertz CT molecular complexity index is 414. The van der Waals surface area contributed by atoms with Gasteiger partial charge in [0.1, 0.15) is 0 Å². The van der Waals surface area contributed by atoms with Crippen LogP contribution in [0.4, 0.5) is 0 Å². The molecule has 0 fully saturated rings. The van der Waals surface area contributed by atoms with Gasteiger partial charge < -0.3 is 0 Å². The summed E-state index contributed by atoms with van der Waals surface area (Å²) in [6, 6.07) is 0. The zero-order chi connectivity index (χ0) is 13.4. The average molecular weight is 398 g/mol. The van der Waals surface area contributed by atoms with Crippen LogP contribution in [-0.4, -0.2) is 16.0 Å². The first-order valence-electron chi connectivity index (χ1n) is 4.92. The molecule has 0 unspecified atom stereocenters. The van der Waals surface area contributed by atoms with Crippen molar-refractivity contribution < 1.29 is 36.9 Å². The third-order valence-electron chi connectivity index (χ3n) is 4.06. The van der Waals surface area contributed by atoms with Crippen molar-refractivity contribution in [1.29, 1.82) is 0 Å². The maximum absolute atomic E-state index is 13.2. The van der Waals surface area contributed by atoms with Gasteiger partial charge in [-0.2, -0.15) is 0 Å². The van der Waals surface area contributed by atoms with Gasteiger partial charge in [0.2, 0.25) is 0 Å². The number of hydrogen-bond donors (Lipinski definition) is 0. The SMILES string of the molecule is C[CH2][Ta](=[O])([C](C)=O)([C](C)=O)([C](C)=O)[C](C)=O. The van der Waals surface area contributed by atoms with Gasteiger partial charge >= 0.3 is 92.2 Å². The van der Waals surface area contributed by atoms with E-state index >= 15 is 0 Å². The Labute approximate surface area is 92.3 Å². The number of carbonyl (C=O) groups is 4. The molecular formula is C10H17O5Ta. The summed E-state index contributed by atoms with van der Waals surface area (Å²) in [6.07, 6.45) is 0. The molecule has 0 aliphatic rings. The van der Waals surface area contributed by atoms with Gasteiger partial charge in [-0.3, -0.25) is 0 Å². The summed E-state index contributed by atoms with van der Waals surface area (Å²) in [6.45, 7) is 4.90. The molecule has 0 aromatic carbocycles. The van der Waals surface area contributed by atoms with E-state index in [1.54, 1.807) is 0 Å². The van der Waals surface area contributed by atoms with Gasteiger partial charge in [0, 0.05) is 0 Å². The van der Waals surface area contributed by atoms with E-state index in [4.69, 9.17) is 0 Å². The molecule has 0 rings (SSSR count). The van der Waals surface area contributed by atoms with E-state index in [2.05, 4.69) is 0 Å². The summed E-state index contributed by atoms with van der Waals surface area (Å²) in [5.41, 5.74) is 0. The van der Waals surface area contributed by atoms with Gasteiger partial charge in [-0.05, 0) is 0 Å². The number of carbonyl (C=O) groups excluding carboxylic acids is 4. The molecule has 0 aliphatic heterocycles. The Morgan fingerprint density at radius 3 is 0.938 bits per heavy atom. The predicted octanol–water partition coefficient (Wildman–Crippen LogP) is 1.18. The molecule has 0 aromatic rings. The van der Waals surface area contributed by atoms with Crippen LogP contribution in [0.1, 0.15) is 34.6 Å².